The molecule has 0 radical (unpaired) electrons. The van der Waals surface area contributed by atoms with Gasteiger partial charge in [0.05, 0.1) is 6.10 Å². The van der Waals surface area contributed by atoms with Crippen LogP contribution in [0.25, 0.3) is 0 Å². The molecule has 14 heavy (non-hydrogen) atoms. The van der Waals surface area contributed by atoms with E-state index >= 15 is 0 Å². The van der Waals surface area contributed by atoms with Crippen molar-refractivity contribution in [2.75, 3.05) is 39.3 Å². The molecular formula is C11H22N2O. The molecule has 2 saturated heterocycles. The molecule has 0 amide bonds. The molecule has 2 heterocycles. The number of aliphatic hydroxyl groups excluding tert-OH is 1. The van der Waals surface area contributed by atoms with Crippen LogP contribution in [-0.2, 0) is 0 Å². The molecule has 0 aliphatic carbocycles. The lowest BCUT2D eigenvalue weighted by atomic mass is 10.1. The van der Waals surface area contributed by atoms with E-state index in [2.05, 4.69) is 9.80 Å². The van der Waals surface area contributed by atoms with Crippen molar-refractivity contribution in [3.63, 3.8) is 0 Å². The van der Waals surface area contributed by atoms with Crippen LogP contribution in [0.5, 0.6) is 0 Å². The highest BCUT2D eigenvalue weighted by molar-refractivity contribution is 4.75. The van der Waals surface area contributed by atoms with Gasteiger partial charge in [0.2, 0.25) is 0 Å². The van der Waals surface area contributed by atoms with Gasteiger partial charge in [-0.1, -0.05) is 6.42 Å². The Hall–Kier alpha value is -0.120. The Morgan fingerprint density at radius 3 is 2.29 bits per heavy atom. The van der Waals surface area contributed by atoms with Crippen LogP contribution in [0.1, 0.15) is 25.7 Å². The molecule has 0 saturated carbocycles. The molecule has 0 aromatic carbocycles. The zero-order chi connectivity index (χ0) is 9.80. The van der Waals surface area contributed by atoms with Crippen LogP contribution in [-0.4, -0.2) is 60.3 Å². The van der Waals surface area contributed by atoms with Crippen LogP contribution in [0.3, 0.4) is 0 Å². The second-order valence-corrected chi connectivity index (χ2v) is 4.65. The Morgan fingerprint density at radius 2 is 1.64 bits per heavy atom. The summed E-state index contributed by atoms with van der Waals surface area (Å²) in [6, 6.07) is 0. The van der Waals surface area contributed by atoms with Crippen LogP contribution in [0, 0.1) is 0 Å². The normalized spacial score (nSPS) is 31.1. The zero-order valence-electron chi connectivity index (χ0n) is 8.99. The van der Waals surface area contributed by atoms with Crippen molar-refractivity contribution in [3.05, 3.63) is 0 Å². The average molecular weight is 198 g/mol. The molecule has 82 valence electrons. The summed E-state index contributed by atoms with van der Waals surface area (Å²) >= 11 is 0. The lowest BCUT2D eigenvalue weighted by Crippen LogP contribution is -2.37. The number of hydrogen-bond donors (Lipinski definition) is 1. The van der Waals surface area contributed by atoms with Gasteiger partial charge in [-0.25, -0.2) is 0 Å². The summed E-state index contributed by atoms with van der Waals surface area (Å²) in [6.45, 7) is 6.92. The monoisotopic (exact) mass is 198 g/mol. The maximum Gasteiger partial charge on any atom is 0.0679 e. The number of β-amino-alcohol motifs (C(OH)–C–C–N with tert-alkyl or cyclic N) is 1. The fraction of sp³-hybridized carbons (Fsp3) is 1.00. The Kier molecular flexibility index (Phi) is 3.79. The summed E-state index contributed by atoms with van der Waals surface area (Å²) in [4.78, 5) is 4.95. The molecule has 0 aromatic heterocycles. The van der Waals surface area contributed by atoms with Crippen molar-refractivity contribution in [2.45, 2.75) is 31.8 Å². The van der Waals surface area contributed by atoms with E-state index in [1.54, 1.807) is 0 Å². The molecule has 1 unspecified atom stereocenters. The maximum atomic E-state index is 9.38. The molecule has 2 aliphatic heterocycles. The minimum absolute atomic E-state index is 0.0589. The molecule has 0 aromatic rings. The van der Waals surface area contributed by atoms with Crippen molar-refractivity contribution >= 4 is 0 Å². The third-order valence-corrected chi connectivity index (χ3v) is 3.43. The van der Waals surface area contributed by atoms with Gasteiger partial charge >= 0.3 is 0 Å². The van der Waals surface area contributed by atoms with E-state index in [1.165, 1.54) is 38.9 Å². The fourth-order valence-corrected chi connectivity index (χ4v) is 2.48. The van der Waals surface area contributed by atoms with Gasteiger partial charge in [0.25, 0.3) is 0 Å². The predicted octanol–water partition coefficient (Wildman–Crippen LogP) is 0.539. The largest absolute Gasteiger partial charge is 0.392 e. The zero-order valence-corrected chi connectivity index (χ0v) is 8.99. The number of nitrogens with zero attached hydrogens (tertiary/aromatic N) is 2. The molecule has 1 atom stereocenters. The van der Waals surface area contributed by atoms with Crippen molar-refractivity contribution in [3.8, 4) is 0 Å². The van der Waals surface area contributed by atoms with Crippen molar-refractivity contribution in [1.29, 1.82) is 0 Å². The van der Waals surface area contributed by atoms with Gasteiger partial charge in [0.1, 0.15) is 0 Å². The van der Waals surface area contributed by atoms with E-state index < -0.39 is 0 Å². The summed E-state index contributed by atoms with van der Waals surface area (Å²) in [6.07, 6.45) is 5.08. The molecule has 3 heteroatoms. The number of rotatable bonds is 3. The lowest BCUT2D eigenvalue weighted by Gasteiger charge is -2.28. The summed E-state index contributed by atoms with van der Waals surface area (Å²) in [5.41, 5.74) is 0. The summed E-state index contributed by atoms with van der Waals surface area (Å²) in [5.74, 6) is 0. The Bertz CT molecular complexity index is 164. The standard InChI is InChI=1S/C11H22N2O/c14-11-4-7-13(10-11)9-8-12-5-2-1-3-6-12/h11,14H,1-10H2. The third-order valence-electron chi connectivity index (χ3n) is 3.43. The first-order chi connectivity index (χ1) is 6.84. The molecule has 2 aliphatic rings. The van der Waals surface area contributed by atoms with Gasteiger partial charge in [-0.3, -0.25) is 4.90 Å². The van der Waals surface area contributed by atoms with Crippen LogP contribution in [0.2, 0.25) is 0 Å². The smallest absolute Gasteiger partial charge is 0.0679 e. The second-order valence-electron chi connectivity index (χ2n) is 4.65. The first kappa shape index (κ1) is 10.4. The topological polar surface area (TPSA) is 26.7 Å². The van der Waals surface area contributed by atoms with Crippen molar-refractivity contribution in [1.82, 2.24) is 9.80 Å². The first-order valence-electron chi connectivity index (χ1n) is 5.97. The van der Waals surface area contributed by atoms with E-state index in [4.69, 9.17) is 0 Å². The summed E-state index contributed by atoms with van der Waals surface area (Å²) < 4.78 is 0. The third kappa shape index (κ3) is 2.94. The van der Waals surface area contributed by atoms with Crippen molar-refractivity contribution < 1.29 is 5.11 Å². The number of piperidine rings is 1. The fourth-order valence-electron chi connectivity index (χ4n) is 2.48. The van der Waals surface area contributed by atoms with E-state index in [0.29, 0.717) is 0 Å². The summed E-state index contributed by atoms with van der Waals surface area (Å²) in [7, 11) is 0. The molecule has 2 rings (SSSR count). The average Bonchev–Trinajstić information content (AvgIpc) is 2.63. The minimum Gasteiger partial charge on any atom is -0.392 e. The van der Waals surface area contributed by atoms with Crippen LogP contribution in [0.4, 0.5) is 0 Å². The Morgan fingerprint density at radius 1 is 0.929 bits per heavy atom. The van der Waals surface area contributed by atoms with Gasteiger partial charge < -0.3 is 10.0 Å². The van der Waals surface area contributed by atoms with E-state index in [9.17, 15) is 5.11 Å². The second kappa shape index (κ2) is 5.10. The van der Waals surface area contributed by atoms with Crippen molar-refractivity contribution in [2.24, 2.45) is 0 Å². The van der Waals surface area contributed by atoms with Gasteiger partial charge in [-0.15, -0.1) is 0 Å². The SMILES string of the molecule is OC1CCN(CCN2CCCCC2)C1. The number of aliphatic hydroxyl groups is 1. The molecule has 0 spiro atoms. The highest BCUT2D eigenvalue weighted by Crippen LogP contribution is 2.11. The highest BCUT2D eigenvalue weighted by Gasteiger charge is 2.20. The molecule has 1 N–H and O–H groups in total. The minimum atomic E-state index is -0.0589. The van der Waals surface area contributed by atoms with Crippen LogP contribution in [0.15, 0.2) is 0 Å². The van der Waals surface area contributed by atoms with Crippen LogP contribution >= 0.6 is 0 Å². The maximum absolute atomic E-state index is 9.38. The van der Waals surface area contributed by atoms with Gasteiger partial charge in [-0.2, -0.15) is 0 Å². The van der Waals surface area contributed by atoms with Gasteiger partial charge in [0, 0.05) is 26.2 Å². The predicted molar refractivity (Wildman–Crippen MR) is 57.4 cm³/mol. The van der Waals surface area contributed by atoms with E-state index in [1.807, 2.05) is 0 Å². The lowest BCUT2D eigenvalue weighted by molar-refractivity contribution is 0.161. The Labute approximate surface area is 86.7 Å². The molecule has 2 fully saturated rings. The quantitative estimate of drug-likeness (QED) is 0.717. The number of hydrogen-bond acceptors (Lipinski definition) is 3. The molecule has 0 bridgehead atoms. The van der Waals surface area contributed by atoms with E-state index in [-0.39, 0.29) is 6.10 Å². The number of likely N-dealkylation sites (tertiary alicyclic amines) is 2. The molecule has 3 nitrogen and oxygen atoms in total. The van der Waals surface area contributed by atoms with Gasteiger partial charge in [0.15, 0.2) is 0 Å². The Balaban J connectivity index is 1.61. The molecular weight excluding hydrogens is 176 g/mol. The van der Waals surface area contributed by atoms with Gasteiger partial charge in [-0.05, 0) is 32.4 Å². The highest BCUT2D eigenvalue weighted by atomic mass is 16.3. The first-order valence-corrected chi connectivity index (χ1v) is 5.97. The van der Waals surface area contributed by atoms with E-state index in [0.717, 1.165) is 26.1 Å². The van der Waals surface area contributed by atoms with Crippen LogP contribution < -0.4 is 0 Å². The summed E-state index contributed by atoms with van der Waals surface area (Å²) in [5, 5.41) is 9.38.